The first kappa shape index (κ1) is 19.7. The van der Waals surface area contributed by atoms with E-state index in [0.29, 0.717) is 5.69 Å². The van der Waals surface area contributed by atoms with Gasteiger partial charge in [-0.05, 0) is 30.3 Å². The molecule has 2 heterocycles. The van der Waals surface area contributed by atoms with Crippen LogP contribution in [0, 0.1) is 5.82 Å². The standard InChI is InChI=1S/C21H17FN4O3S/c22-14-7-5-13(6-8-14)21-24-15(12-30-21)11-29-18(27)9-10-23-20(28)19-16-3-1-2-4-17(16)25-26-19/h1-8,12H,9-11H2,(H,23,28)(H,25,26). The molecule has 0 fully saturated rings. The van der Waals surface area contributed by atoms with Crippen LogP contribution in [0.1, 0.15) is 22.6 Å². The molecule has 9 heteroatoms. The van der Waals surface area contributed by atoms with Crippen molar-refractivity contribution in [2.75, 3.05) is 6.54 Å². The topological polar surface area (TPSA) is 97.0 Å². The molecule has 0 unspecified atom stereocenters. The molecule has 0 saturated carbocycles. The Morgan fingerprint density at radius 3 is 2.77 bits per heavy atom. The second kappa shape index (κ2) is 8.83. The fourth-order valence-corrected chi connectivity index (χ4v) is 3.63. The molecule has 0 aliphatic carbocycles. The molecule has 4 rings (SSSR count). The Bertz CT molecular complexity index is 1190. The number of carbonyl (C=O) groups excluding carboxylic acids is 2. The summed E-state index contributed by atoms with van der Waals surface area (Å²) in [7, 11) is 0. The van der Waals surface area contributed by atoms with Crippen LogP contribution in [0.4, 0.5) is 4.39 Å². The van der Waals surface area contributed by atoms with E-state index in [1.165, 1.54) is 23.5 Å². The molecule has 0 spiro atoms. The first-order valence-corrected chi connectivity index (χ1v) is 10.1. The van der Waals surface area contributed by atoms with Crippen LogP contribution in [-0.4, -0.2) is 33.6 Å². The highest BCUT2D eigenvalue weighted by Gasteiger charge is 2.14. The van der Waals surface area contributed by atoms with E-state index in [0.717, 1.165) is 21.5 Å². The number of thiazole rings is 1. The van der Waals surface area contributed by atoms with Gasteiger partial charge in [0.2, 0.25) is 0 Å². The second-order valence-electron chi connectivity index (χ2n) is 6.44. The largest absolute Gasteiger partial charge is 0.459 e. The van der Waals surface area contributed by atoms with Gasteiger partial charge in [0.05, 0.1) is 17.6 Å². The number of carbonyl (C=O) groups is 2. The van der Waals surface area contributed by atoms with Crippen LogP contribution in [0.3, 0.4) is 0 Å². The Labute approximate surface area is 174 Å². The Morgan fingerprint density at radius 1 is 1.13 bits per heavy atom. The summed E-state index contributed by atoms with van der Waals surface area (Å²) in [6.07, 6.45) is 0.0308. The lowest BCUT2D eigenvalue weighted by atomic mass is 10.2. The van der Waals surface area contributed by atoms with Crippen LogP contribution in [0.25, 0.3) is 21.5 Å². The van der Waals surface area contributed by atoms with Crippen LogP contribution < -0.4 is 5.32 Å². The van der Waals surface area contributed by atoms with Crippen molar-refractivity contribution in [3.63, 3.8) is 0 Å². The minimum absolute atomic E-state index is 0.0308. The number of para-hydroxylation sites is 1. The van der Waals surface area contributed by atoms with Gasteiger partial charge in [0.25, 0.3) is 5.91 Å². The summed E-state index contributed by atoms with van der Waals surface area (Å²) in [6, 6.07) is 13.3. The minimum atomic E-state index is -0.446. The summed E-state index contributed by atoms with van der Waals surface area (Å²) in [5.41, 5.74) is 2.47. The first-order chi connectivity index (χ1) is 14.6. The van der Waals surface area contributed by atoms with E-state index in [2.05, 4.69) is 20.5 Å². The number of hydrogen-bond acceptors (Lipinski definition) is 6. The van der Waals surface area contributed by atoms with Gasteiger partial charge in [0, 0.05) is 22.9 Å². The van der Waals surface area contributed by atoms with Gasteiger partial charge in [-0.1, -0.05) is 18.2 Å². The van der Waals surface area contributed by atoms with Crippen molar-refractivity contribution in [2.45, 2.75) is 13.0 Å². The number of nitrogens with zero attached hydrogens (tertiary/aromatic N) is 2. The van der Waals surface area contributed by atoms with Crippen molar-refractivity contribution in [3.05, 3.63) is 71.1 Å². The number of halogens is 1. The maximum Gasteiger partial charge on any atom is 0.307 e. The number of H-pyrrole nitrogens is 1. The molecule has 0 saturated heterocycles. The van der Waals surface area contributed by atoms with Crippen molar-refractivity contribution in [2.24, 2.45) is 0 Å². The molecule has 4 aromatic rings. The van der Waals surface area contributed by atoms with Gasteiger partial charge in [-0.15, -0.1) is 11.3 Å². The average Bonchev–Trinajstić information content (AvgIpc) is 3.40. The molecule has 0 atom stereocenters. The van der Waals surface area contributed by atoms with Crippen molar-refractivity contribution in [3.8, 4) is 10.6 Å². The molecule has 2 aromatic carbocycles. The van der Waals surface area contributed by atoms with Crippen LogP contribution in [0.2, 0.25) is 0 Å². The van der Waals surface area contributed by atoms with Crippen molar-refractivity contribution >= 4 is 34.1 Å². The third-order valence-corrected chi connectivity index (χ3v) is 5.26. The number of nitrogens with one attached hydrogen (secondary N) is 2. The van der Waals surface area contributed by atoms with E-state index < -0.39 is 5.97 Å². The number of amides is 1. The fraction of sp³-hybridized carbons (Fsp3) is 0.143. The van der Waals surface area contributed by atoms with Crippen molar-refractivity contribution in [1.29, 1.82) is 0 Å². The molecule has 0 bridgehead atoms. The molecule has 0 radical (unpaired) electrons. The normalized spacial score (nSPS) is 10.8. The maximum atomic E-state index is 13.0. The maximum absolute atomic E-state index is 13.0. The van der Waals surface area contributed by atoms with Gasteiger partial charge in [0.1, 0.15) is 17.4 Å². The van der Waals surface area contributed by atoms with Gasteiger partial charge >= 0.3 is 5.97 Å². The molecule has 0 aliphatic heterocycles. The second-order valence-corrected chi connectivity index (χ2v) is 7.29. The number of aromatic amines is 1. The number of rotatable bonds is 7. The summed E-state index contributed by atoms with van der Waals surface area (Å²) >= 11 is 1.39. The highest BCUT2D eigenvalue weighted by atomic mass is 32.1. The van der Waals surface area contributed by atoms with Gasteiger partial charge in [0.15, 0.2) is 5.69 Å². The molecule has 2 aromatic heterocycles. The van der Waals surface area contributed by atoms with Gasteiger partial charge in [-0.3, -0.25) is 14.7 Å². The van der Waals surface area contributed by atoms with E-state index in [9.17, 15) is 14.0 Å². The minimum Gasteiger partial charge on any atom is -0.459 e. The number of ether oxygens (including phenoxy) is 1. The lowest BCUT2D eigenvalue weighted by molar-refractivity contribution is -0.144. The zero-order valence-electron chi connectivity index (χ0n) is 15.7. The van der Waals surface area contributed by atoms with Crippen molar-refractivity contribution in [1.82, 2.24) is 20.5 Å². The van der Waals surface area contributed by atoms with Gasteiger partial charge in [-0.25, -0.2) is 9.37 Å². The zero-order chi connectivity index (χ0) is 20.9. The Balaban J connectivity index is 1.23. The summed E-state index contributed by atoms with van der Waals surface area (Å²) in [4.78, 5) is 28.6. The monoisotopic (exact) mass is 424 g/mol. The van der Waals surface area contributed by atoms with Gasteiger partial charge in [-0.2, -0.15) is 5.10 Å². The molecular weight excluding hydrogens is 407 g/mol. The number of hydrogen-bond donors (Lipinski definition) is 2. The molecule has 30 heavy (non-hydrogen) atoms. The fourth-order valence-electron chi connectivity index (χ4n) is 2.82. The van der Waals surface area contributed by atoms with E-state index in [1.807, 2.05) is 18.2 Å². The quantitative estimate of drug-likeness (QED) is 0.441. The Morgan fingerprint density at radius 2 is 1.93 bits per heavy atom. The molecule has 2 N–H and O–H groups in total. The Kier molecular flexibility index (Phi) is 5.80. The number of benzene rings is 2. The van der Waals surface area contributed by atoms with Crippen LogP contribution in [0.15, 0.2) is 53.9 Å². The smallest absolute Gasteiger partial charge is 0.307 e. The summed E-state index contributed by atoms with van der Waals surface area (Å²) in [5, 5.41) is 12.7. The lowest BCUT2D eigenvalue weighted by Gasteiger charge is -2.04. The zero-order valence-corrected chi connectivity index (χ0v) is 16.5. The first-order valence-electron chi connectivity index (χ1n) is 9.17. The summed E-state index contributed by atoms with van der Waals surface area (Å²) < 4.78 is 18.2. The third kappa shape index (κ3) is 4.52. The SMILES string of the molecule is O=C(CCNC(=O)c1n[nH]c2ccccc12)OCc1csc(-c2ccc(F)cc2)n1. The van der Waals surface area contributed by atoms with Crippen LogP contribution >= 0.6 is 11.3 Å². The lowest BCUT2D eigenvalue weighted by Crippen LogP contribution is -2.27. The van der Waals surface area contributed by atoms with Crippen LogP contribution in [-0.2, 0) is 16.1 Å². The van der Waals surface area contributed by atoms with Crippen molar-refractivity contribution < 1.29 is 18.7 Å². The Hall–Kier alpha value is -3.59. The predicted molar refractivity (Wildman–Crippen MR) is 110 cm³/mol. The molecule has 1 amide bonds. The average molecular weight is 424 g/mol. The van der Waals surface area contributed by atoms with Crippen LogP contribution in [0.5, 0.6) is 0 Å². The molecule has 0 aliphatic rings. The summed E-state index contributed by atoms with van der Waals surface area (Å²) in [5.74, 6) is -1.11. The molecular formula is C21H17FN4O3S. The van der Waals surface area contributed by atoms with E-state index in [1.54, 1.807) is 23.6 Å². The van der Waals surface area contributed by atoms with E-state index >= 15 is 0 Å². The van der Waals surface area contributed by atoms with Gasteiger partial charge < -0.3 is 10.1 Å². The third-order valence-electron chi connectivity index (χ3n) is 4.32. The highest BCUT2D eigenvalue weighted by molar-refractivity contribution is 7.13. The van der Waals surface area contributed by atoms with E-state index in [4.69, 9.17) is 4.74 Å². The molecule has 152 valence electrons. The highest BCUT2D eigenvalue weighted by Crippen LogP contribution is 2.24. The molecule has 7 nitrogen and oxygen atoms in total. The number of fused-ring (bicyclic) bond motifs is 1. The number of esters is 1. The summed E-state index contributed by atoms with van der Waals surface area (Å²) in [6.45, 7) is 0.172. The number of aromatic nitrogens is 3. The predicted octanol–water partition coefficient (Wildman–Crippen LogP) is 3.69. The van der Waals surface area contributed by atoms with E-state index in [-0.39, 0.29) is 37.0 Å².